The number of carbonyl (C=O) groups is 1. The van der Waals surface area contributed by atoms with Gasteiger partial charge in [-0.2, -0.15) is 0 Å². The Morgan fingerprint density at radius 1 is 1.42 bits per heavy atom. The van der Waals surface area contributed by atoms with Crippen molar-refractivity contribution in [3.8, 4) is 0 Å². The van der Waals surface area contributed by atoms with Gasteiger partial charge in [-0.15, -0.1) is 0 Å². The lowest BCUT2D eigenvalue weighted by Crippen LogP contribution is -2.24. The van der Waals surface area contributed by atoms with Gasteiger partial charge in [-0.3, -0.25) is 4.79 Å². The highest BCUT2D eigenvalue weighted by molar-refractivity contribution is 5.75. The number of aliphatic hydroxyl groups is 1. The molecule has 1 unspecified atom stereocenters. The van der Waals surface area contributed by atoms with Crippen LogP contribution in [0.15, 0.2) is 0 Å². The molecule has 1 saturated carbocycles. The van der Waals surface area contributed by atoms with Crippen LogP contribution in [0.2, 0.25) is 0 Å². The van der Waals surface area contributed by atoms with E-state index in [1.165, 1.54) is 19.3 Å². The van der Waals surface area contributed by atoms with Crippen LogP contribution >= 0.6 is 0 Å². The maximum atomic E-state index is 10.7. The van der Waals surface area contributed by atoms with Gasteiger partial charge in [-0.1, -0.05) is 19.3 Å². The molecule has 70 valence electrons. The molecule has 0 radical (unpaired) electrons. The standard InChI is InChI=1S/C10H18O2/c1-8(11)7-10(12)9-5-3-2-4-6-9/h9-10,12H,2-7H2,1H3. The van der Waals surface area contributed by atoms with Crippen molar-refractivity contribution in [2.45, 2.75) is 51.6 Å². The number of carbonyl (C=O) groups excluding carboxylic acids is 1. The molecule has 1 rings (SSSR count). The molecule has 0 aromatic carbocycles. The fourth-order valence-electron chi connectivity index (χ4n) is 1.98. The van der Waals surface area contributed by atoms with Crippen molar-refractivity contribution in [1.82, 2.24) is 0 Å². The van der Waals surface area contributed by atoms with Gasteiger partial charge in [0.1, 0.15) is 5.78 Å². The Hall–Kier alpha value is -0.370. The second kappa shape index (κ2) is 4.61. The van der Waals surface area contributed by atoms with Gasteiger partial charge in [-0.05, 0) is 25.7 Å². The molecule has 0 bridgehead atoms. The van der Waals surface area contributed by atoms with Crippen LogP contribution in [0, 0.1) is 5.92 Å². The number of hydrogen-bond donors (Lipinski definition) is 1. The minimum Gasteiger partial charge on any atom is -0.392 e. The molecule has 0 amide bonds. The van der Waals surface area contributed by atoms with Crippen LogP contribution in [0.3, 0.4) is 0 Å². The molecule has 0 aromatic heterocycles. The number of aliphatic hydroxyl groups excluding tert-OH is 1. The van der Waals surface area contributed by atoms with Crippen molar-refractivity contribution in [1.29, 1.82) is 0 Å². The van der Waals surface area contributed by atoms with Crippen molar-refractivity contribution < 1.29 is 9.90 Å². The first-order chi connectivity index (χ1) is 5.70. The van der Waals surface area contributed by atoms with E-state index in [2.05, 4.69) is 0 Å². The zero-order chi connectivity index (χ0) is 8.97. The highest BCUT2D eigenvalue weighted by Gasteiger charge is 2.22. The normalized spacial score (nSPS) is 22.2. The van der Waals surface area contributed by atoms with E-state index < -0.39 is 0 Å². The van der Waals surface area contributed by atoms with E-state index in [0.29, 0.717) is 12.3 Å². The average Bonchev–Trinajstić information content (AvgIpc) is 2.05. The molecule has 0 aliphatic heterocycles. The van der Waals surface area contributed by atoms with Crippen LogP contribution in [0.25, 0.3) is 0 Å². The highest BCUT2D eigenvalue weighted by Crippen LogP contribution is 2.27. The van der Waals surface area contributed by atoms with Crippen LogP contribution in [-0.4, -0.2) is 17.0 Å². The second-order valence-electron chi connectivity index (χ2n) is 3.87. The van der Waals surface area contributed by atoms with Gasteiger partial charge in [0.15, 0.2) is 0 Å². The predicted molar refractivity (Wildman–Crippen MR) is 47.9 cm³/mol. The van der Waals surface area contributed by atoms with E-state index >= 15 is 0 Å². The first kappa shape index (κ1) is 9.72. The SMILES string of the molecule is CC(=O)CC(O)C1CCCCC1. The summed E-state index contributed by atoms with van der Waals surface area (Å²) in [5.41, 5.74) is 0. The first-order valence-electron chi connectivity index (χ1n) is 4.87. The summed E-state index contributed by atoms with van der Waals surface area (Å²) in [6.45, 7) is 1.55. The summed E-state index contributed by atoms with van der Waals surface area (Å²) >= 11 is 0. The zero-order valence-corrected chi connectivity index (χ0v) is 7.75. The summed E-state index contributed by atoms with van der Waals surface area (Å²) in [4.78, 5) is 10.7. The summed E-state index contributed by atoms with van der Waals surface area (Å²) in [5.74, 6) is 0.496. The van der Waals surface area contributed by atoms with Gasteiger partial charge in [-0.25, -0.2) is 0 Å². The molecular formula is C10H18O2. The lowest BCUT2D eigenvalue weighted by Gasteiger charge is -2.25. The molecule has 2 nitrogen and oxygen atoms in total. The number of rotatable bonds is 3. The largest absolute Gasteiger partial charge is 0.392 e. The van der Waals surface area contributed by atoms with Crippen molar-refractivity contribution in [3.63, 3.8) is 0 Å². The van der Waals surface area contributed by atoms with Crippen LogP contribution in [-0.2, 0) is 4.79 Å². The molecular weight excluding hydrogens is 152 g/mol. The average molecular weight is 170 g/mol. The Labute approximate surface area is 74.0 Å². The molecule has 1 aliphatic carbocycles. The van der Waals surface area contributed by atoms with Gasteiger partial charge in [0.05, 0.1) is 6.10 Å². The maximum Gasteiger partial charge on any atom is 0.132 e. The minimum atomic E-state index is -0.372. The Morgan fingerprint density at radius 3 is 2.50 bits per heavy atom. The molecule has 1 N–H and O–H groups in total. The third kappa shape index (κ3) is 2.94. The van der Waals surface area contributed by atoms with Crippen molar-refractivity contribution in [2.75, 3.05) is 0 Å². The number of Topliss-reactive ketones (excluding diaryl/α,β-unsaturated/α-hetero) is 1. The quantitative estimate of drug-likeness (QED) is 0.702. The molecule has 1 fully saturated rings. The second-order valence-corrected chi connectivity index (χ2v) is 3.87. The van der Waals surface area contributed by atoms with Crippen molar-refractivity contribution in [2.24, 2.45) is 5.92 Å². The summed E-state index contributed by atoms with van der Waals surface area (Å²) in [6.07, 6.45) is 5.93. The summed E-state index contributed by atoms with van der Waals surface area (Å²) in [6, 6.07) is 0. The van der Waals surface area contributed by atoms with Gasteiger partial charge >= 0.3 is 0 Å². The van der Waals surface area contributed by atoms with E-state index in [4.69, 9.17) is 0 Å². The molecule has 0 aromatic rings. The van der Waals surface area contributed by atoms with Gasteiger partial charge < -0.3 is 5.11 Å². The van der Waals surface area contributed by atoms with Crippen LogP contribution in [0.1, 0.15) is 45.4 Å². The van der Waals surface area contributed by atoms with Crippen LogP contribution < -0.4 is 0 Å². The predicted octanol–water partition coefficient (Wildman–Crippen LogP) is 1.91. The zero-order valence-electron chi connectivity index (χ0n) is 7.75. The molecule has 0 heterocycles. The topological polar surface area (TPSA) is 37.3 Å². The lowest BCUT2D eigenvalue weighted by atomic mass is 9.84. The summed E-state index contributed by atoms with van der Waals surface area (Å²) in [7, 11) is 0. The van der Waals surface area contributed by atoms with Crippen molar-refractivity contribution >= 4 is 5.78 Å². The van der Waals surface area contributed by atoms with E-state index in [0.717, 1.165) is 12.8 Å². The number of ketones is 1. The lowest BCUT2D eigenvalue weighted by molar-refractivity contribution is -0.119. The Bertz CT molecular complexity index is 148. The molecule has 2 heteroatoms. The molecule has 1 aliphatic rings. The molecule has 1 atom stereocenters. The maximum absolute atomic E-state index is 10.7. The van der Waals surface area contributed by atoms with Crippen LogP contribution in [0.5, 0.6) is 0 Å². The fraction of sp³-hybridized carbons (Fsp3) is 0.900. The minimum absolute atomic E-state index is 0.105. The number of hydrogen-bond acceptors (Lipinski definition) is 2. The summed E-state index contributed by atoms with van der Waals surface area (Å²) in [5, 5.41) is 9.62. The molecule has 12 heavy (non-hydrogen) atoms. The van der Waals surface area contributed by atoms with E-state index in [-0.39, 0.29) is 11.9 Å². The highest BCUT2D eigenvalue weighted by atomic mass is 16.3. The third-order valence-corrected chi connectivity index (χ3v) is 2.69. The smallest absolute Gasteiger partial charge is 0.132 e. The summed E-state index contributed by atoms with van der Waals surface area (Å²) < 4.78 is 0. The Morgan fingerprint density at radius 2 is 2.00 bits per heavy atom. The fourth-order valence-corrected chi connectivity index (χ4v) is 1.98. The van der Waals surface area contributed by atoms with E-state index in [1.54, 1.807) is 6.92 Å². The first-order valence-corrected chi connectivity index (χ1v) is 4.87. The van der Waals surface area contributed by atoms with E-state index in [9.17, 15) is 9.90 Å². The van der Waals surface area contributed by atoms with Crippen LogP contribution in [0.4, 0.5) is 0 Å². The third-order valence-electron chi connectivity index (χ3n) is 2.69. The van der Waals surface area contributed by atoms with E-state index in [1.807, 2.05) is 0 Å². The Balaban J connectivity index is 2.29. The van der Waals surface area contributed by atoms with Crippen molar-refractivity contribution in [3.05, 3.63) is 0 Å². The van der Waals surface area contributed by atoms with Gasteiger partial charge in [0.25, 0.3) is 0 Å². The molecule has 0 spiro atoms. The monoisotopic (exact) mass is 170 g/mol. The van der Waals surface area contributed by atoms with Gasteiger partial charge in [0.2, 0.25) is 0 Å². The Kier molecular flexibility index (Phi) is 3.73. The molecule has 0 saturated heterocycles. The van der Waals surface area contributed by atoms with Gasteiger partial charge in [0, 0.05) is 6.42 Å².